The highest BCUT2D eigenvalue weighted by Gasteiger charge is 2.68. The minimum atomic E-state index is -3.54. The van der Waals surface area contributed by atoms with Crippen LogP contribution in [-0.2, 0) is 21.2 Å². The van der Waals surface area contributed by atoms with Crippen LogP contribution < -0.4 is 0 Å². The van der Waals surface area contributed by atoms with Gasteiger partial charge in [-0.15, -0.1) is 0 Å². The number of hydrogen-bond donors (Lipinski definition) is 0. The fourth-order valence-electron chi connectivity index (χ4n) is 3.77. The third kappa shape index (κ3) is 2.71. The second-order valence-corrected chi connectivity index (χ2v) is 12.1. The number of rotatable bonds is 2. The van der Waals surface area contributed by atoms with Gasteiger partial charge in [0, 0.05) is 9.09 Å². The summed E-state index contributed by atoms with van der Waals surface area (Å²) < 4.78 is 30.0. The highest BCUT2D eigenvalue weighted by atomic mass is 32.2. The van der Waals surface area contributed by atoms with Gasteiger partial charge in [0.1, 0.15) is 79.2 Å². The predicted octanol–water partition coefficient (Wildman–Crippen LogP) is -7.27. The number of amides is 1. The van der Waals surface area contributed by atoms with E-state index in [9.17, 15) is 13.2 Å². The molecule has 1 aliphatic heterocycles. The Balaban J connectivity index is 2.46. The zero-order valence-corrected chi connectivity index (χ0v) is 17.9. The van der Waals surface area contributed by atoms with Gasteiger partial charge in [0.25, 0.3) is 0 Å². The van der Waals surface area contributed by atoms with Crippen LogP contribution in [0.15, 0.2) is 30.3 Å². The number of carbonyl (C=O) groups is 1. The van der Waals surface area contributed by atoms with E-state index in [0.29, 0.717) is 0 Å². The fourth-order valence-corrected chi connectivity index (χ4v) is 6.55. The molecular weight excluding hydrogens is 341 g/mol. The molecule has 0 spiro atoms. The van der Waals surface area contributed by atoms with Crippen molar-refractivity contribution in [1.29, 1.82) is 0 Å². The third-order valence-corrected chi connectivity index (χ3v) is 10.5. The molecule has 1 saturated heterocycles. The number of hydrogen-bond acceptors (Lipinski definition) is 4. The van der Waals surface area contributed by atoms with Crippen molar-refractivity contribution in [2.24, 2.45) is 0 Å². The maximum absolute atomic E-state index is 13.4. The molecule has 0 radical (unpaired) electrons. The van der Waals surface area contributed by atoms with E-state index in [2.05, 4.69) is 0 Å². The average Bonchev–Trinajstić information content (AvgIpc) is 2.52. The lowest BCUT2D eigenvalue weighted by Crippen LogP contribution is -2.89. The molecule has 0 atom stereocenters. The normalized spacial score (nSPS) is 24.4. The van der Waals surface area contributed by atoms with Gasteiger partial charge in [-0.25, -0.2) is 13.2 Å². The molecule has 1 aromatic carbocycles. The van der Waals surface area contributed by atoms with Crippen LogP contribution in [0.3, 0.4) is 0 Å². The monoisotopic (exact) mass is 365 g/mol. The summed E-state index contributed by atoms with van der Waals surface area (Å²) in [7, 11) is 10.4. The van der Waals surface area contributed by atoms with Gasteiger partial charge in [-0.05, 0) is 16.2 Å². The van der Waals surface area contributed by atoms with Crippen molar-refractivity contribution in [1.82, 2.24) is 4.90 Å². The lowest BCUT2D eigenvalue weighted by atomic mass is 9.35. The largest absolute Gasteiger partial charge is 0.445 e. The summed E-state index contributed by atoms with van der Waals surface area (Å²) in [5, 5.41) is -1.89. The average molecular weight is 364 g/mol. The van der Waals surface area contributed by atoms with E-state index in [-0.39, 0.29) is 6.61 Å². The molecule has 1 aliphatic rings. The first kappa shape index (κ1) is 21.3. The van der Waals surface area contributed by atoms with E-state index in [1.54, 1.807) is 67.7 Å². The molecule has 0 aromatic heterocycles. The van der Waals surface area contributed by atoms with Crippen LogP contribution in [0, 0.1) is 0 Å². The van der Waals surface area contributed by atoms with E-state index < -0.39 is 35.7 Å². The van der Waals surface area contributed by atoms with Crippen LogP contribution in [0.2, 0.25) is 0 Å². The van der Waals surface area contributed by atoms with Gasteiger partial charge in [-0.3, -0.25) is 0 Å². The molecule has 26 heavy (non-hydrogen) atoms. The Bertz CT molecular complexity index is 778. The fraction of sp³-hybridized carbons (Fsp3) is 0.417. The van der Waals surface area contributed by atoms with Crippen molar-refractivity contribution in [3.8, 4) is 0 Å². The quantitative estimate of drug-likeness (QED) is 0.490. The zero-order valence-electron chi connectivity index (χ0n) is 17.1. The molecular formula is C12H23B8NO4S. The molecule has 14 heteroatoms. The summed E-state index contributed by atoms with van der Waals surface area (Å²) in [6.45, 7) is 0.149. The molecule has 1 heterocycles. The number of ether oxygens (including phenoxy) is 1. The van der Waals surface area contributed by atoms with Crippen LogP contribution in [0.1, 0.15) is 5.56 Å². The Kier molecular flexibility index (Phi) is 5.11. The molecule has 1 aromatic rings. The Morgan fingerprint density at radius 1 is 0.885 bits per heavy atom. The summed E-state index contributed by atoms with van der Waals surface area (Å²) >= 11 is 0. The van der Waals surface area contributed by atoms with Gasteiger partial charge in [-0.2, -0.15) is 0 Å². The maximum Gasteiger partial charge on any atom is 0.408 e. The van der Waals surface area contributed by atoms with E-state index in [1.807, 2.05) is 30.3 Å². The lowest BCUT2D eigenvalue weighted by Gasteiger charge is -2.66. The second kappa shape index (κ2) is 6.25. The van der Waals surface area contributed by atoms with Crippen LogP contribution in [0.25, 0.3) is 0 Å². The van der Waals surface area contributed by atoms with Gasteiger partial charge in [-0.1, -0.05) is 30.3 Å². The van der Waals surface area contributed by atoms with Crippen molar-refractivity contribution < 1.29 is 17.9 Å². The van der Waals surface area contributed by atoms with Crippen LogP contribution >= 0.6 is 0 Å². The standard InChI is InChI=1S/C12H23B8NO4S/c13-9(14)11(17,18)26(23,24)12(19,20)10(15,16)21(9)8(22)25-6-7-4-2-1-3-5-7/h1-5H,6,13-20H2. The Morgan fingerprint density at radius 2 is 1.31 bits per heavy atom. The molecule has 1 amide bonds. The Labute approximate surface area is 163 Å². The highest BCUT2D eigenvalue weighted by Crippen LogP contribution is 2.45. The van der Waals surface area contributed by atoms with E-state index in [1.165, 1.54) is 0 Å². The summed E-state index contributed by atoms with van der Waals surface area (Å²) in [5.41, 5.74) is 0.889. The lowest BCUT2D eigenvalue weighted by molar-refractivity contribution is 0.0703. The summed E-state index contributed by atoms with van der Waals surface area (Å²) in [5.74, 6) is 0. The molecule has 130 valence electrons. The maximum atomic E-state index is 13.4. The van der Waals surface area contributed by atoms with Gasteiger partial charge in [0.05, 0.1) is 0 Å². The number of benzene rings is 1. The van der Waals surface area contributed by atoms with E-state index >= 15 is 0 Å². The Morgan fingerprint density at radius 3 is 1.73 bits per heavy atom. The van der Waals surface area contributed by atoms with Gasteiger partial charge >= 0.3 is 6.09 Å². The minimum absolute atomic E-state index is 0.149. The molecule has 5 nitrogen and oxygen atoms in total. The van der Waals surface area contributed by atoms with Gasteiger partial charge < -0.3 is 9.64 Å². The molecule has 0 saturated carbocycles. The molecule has 0 unspecified atom stereocenters. The number of nitrogens with zero attached hydrogens (tertiary/aromatic N) is 1. The first-order chi connectivity index (χ1) is 11.6. The number of carbonyl (C=O) groups excluding carboxylic acids is 1. The molecule has 0 bridgehead atoms. The zero-order chi connectivity index (χ0) is 20.2. The highest BCUT2D eigenvalue weighted by molar-refractivity contribution is 7.99. The second-order valence-electron chi connectivity index (χ2n) is 9.02. The van der Waals surface area contributed by atoms with E-state index in [0.717, 1.165) is 5.56 Å². The van der Waals surface area contributed by atoms with E-state index in [4.69, 9.17) is 4.74 Å². The number of sulfone groups is 1. The molecule has 2 rings (SSSR count). The smallest absolute Gasteiger partial charge is 0.408 e. The van der Waals surface area contributed by atoms with Crippen molar-refractivity contribution in [3.63, 3.8) is 0 Å². The third-order valence-electron chi connectivity index (χ3n) is 6.80. The molecule has 0 N–H and O–H groups in total. The molecule has 1 fully saturated rings. The van der Waals surface area contributed by atoms with Crippen molar-refractivity contribution in [2.45, 2.75) is 26.4 Å². The van der Waals surface area contributed by atoms with Crippen molar-refractivity contribution in [2.75, 3.05) is 0 Å². The molecule has 0 aliphatic carbocycles. The van der Waals surface area contributed by atoms with Crippen molar-refractivity contribution in [3.05, 3.63) is 35.9 Å². The van der Waals surface area contributed by atoms with Gasteiger partial charge in [0.2, 0.25) is 0 Å². The van der Waals surface area contributed by atoms with Crippen LogP contribution in [-0.4, -0.2) is 102 Å². The Hall–Kier alpha value is -1.04. The minimum Gasteiger partial charge on any atom is -0.445 e. The van der Waals surface area contributed by atoms with Crippen LogP contribution in [0.4, 0.5) is 4.79 Å². The topological polar surface area (TPSA) is 63.7 Å². The van der Waals surface area contributed by atoms with Crippen molar-refractivity contribution >= 4 is 78.7 Å². The first-order valence-electron chi connectivity index (χ1n) is 8.87. The first-order valence-corrected chi connectivity index (χ1v) is 10.4. The summed E-state index contributed by atoms with van der Waals surface area (Å²) in [6.07, 6.45) is -0.500. The predicted molar refractivity (Wildman–Crippen MR) is 127 cm³/mol. The SMILES string of the molecule is BC1(B)N(C(=O)OCc2ccccc2)C(B)(B)C(B)(B)S(=O)(=O)C1(B)B. The summed E-state index contributed by atoms with van der Waals surface area (Å²) in [6, 6.07) is 9.45. The summed E-state index contributed by atoms with van der Waals surface area (Å²) in [4.78, 5) is 14.7. The van der Waals surface area contributed by atoms with Crippen LogP contribution in [0.5, 0.6) is 0 Å². The van der Waals surface area contributed by atoms with Gasteiger partial charge in [0.15, 0.2) is 0 Å².